The molecule has 0 heterocycles. The molecule has 0 bridgehead atoms. The molecule has 0 N–H and O–H groups in total. The minimum Gasteiger partial charge on any atom is -0.461 e. The highest BCUT2D eigenvalue weighted by Gasteiger charge is 2.22. The molecule has 0 fully saturated rings. The Morgan fingerprint density at radius 1 is 1.21 bits per heavy atom. The summed E-state index contributed by atoms with van der Waals surface area (Å²) in [6.07, 6.45) is 0.523. The van der Waals surface area contributed by atoms with Crippen LogP contribution in [0.25, 0.3) is 0 Å². The first-order valence-electron chi connectivity index (χ1n) is 6.09. The maximum atomic E-state index is 11.6. The number of hydrogen-bond donors (Lipinski definition) is 0. The molecular weight excluding hydrogens is 268 g/mol. The number of carbonyl (C=O) groups is 2. The van der Waals surface area contributed by atoms with Gasteiger partial charge >= 0.3 is 11.9 Å². The lowest BCUT2D eigenvalue weighted by molar-refractivity contribution is -0.154. The summed E-state index contributed by atoms with van der Waals surface area (Å²) in [5.74, 6) is -1.38. The van der Waals surface area contributed by atoms with Gasteiger partial charge in [-0.05, 0) is 12.0 Å². The topological polar surface area (TPSA) is 52.6 Å². The Labute approximate surface area is 117 Å². The fourth-order valence-electron chi connectivity index (χ4n) is 1.56. The van der Waals surface area contributed by atoms with Crippen LogP contribution in [0.2, 0.25) is 0 Å². The monoisotopic (exact) mass is 284 g/mol. The number of halogens is 1. The maximum Gasteiger partial charge on any atom is 0.310 e. The summed E-state index contributed by atoms with van der Waals surface area (Å²) < 4.78 is 9.79. The second-order valence-electron chi connectivity index (χ2n) is 4.03. The van der Waals surface area contributed by atoms with Crippen molar-refractivity contribution in [2.45, 2.75) is 26.4 Å². The zero-order valence-electron chi connectivity index (χ0n) is 10.8. The highest BCUT2D eigenvalue weighted by Crippen LogP contribution is 2.13. The lowest BCUT2D eigenvalue weighted by Gasteiger charge is -2.12. The van der Waals surface area contributed by atoms with E-state index >= 15 is 0 Å². The largest absolute Gasteiger partial charge is 0.461 e. The molecule has 4 nitrogen and oxygen atoms in total. The first-order valence-corrected chi connectivity index (χ1v) is 6.63. The molecule has 0 saturated carbocycles. The normalized spacial score (nSPS) is 11.7. The van der Waals surface area contributed by atoms with E-state index < -0.39 is 17.9 Å². The van der Waals surface area contributed by atoms with E-state index in [1.165, 1.54) is 0 Å². The van der Waals surface area contributed by atoms with Crippen molar-refractivity contribution in [3.05, 3.63) is 35.9 Å². The van der Waals surface area contributed by atoms with Crippen LogP contribution < -0.4 is 0 Å². The lowest BCUT2D eigenvalue weighted by atomic mass is 10.0. The van der Waals surface area contributed by atoms with E-state index in [0.29, 0.717) is 6.42 Å². The Bertz CT molecular complexity index is 405. The molecule has 0 aliphatic rings. The number of carbonyl (C=O) groups excluding carboxylic acids is 2. The van der Waals surface area contributed by atoms with Crippen molar-refractivity contribution in [1.82, 2.24) is 0 Å². The van der Waals surface area contributed by atoms with Gasteiger partial charge in [-0.15, -0.1) is 0 Å². The molecule has 1 aromatic rings. The second kappa shape index (κ2) is 8.53. The van der Waals surface area contributed by atoms with Crippen molar-refractivity contribution >= 4 is 23.5 Å². The molecule has 0 spiro atoms. The summed E-state index contributed by atoms with van der Waals surface area (Å²) in [5.41, 5.74) is 0.909. The molecule has 1 aromatic carbocycles. The maximum absolute atomic E-state index is 11.6. The van der Waals surface area contributed by atoms with E-state index in [0.717, 1.165) is 5.56 Å². The van der Waals surface area contributed by atoms with Crippen LogP contribution in [0.5, 0.6) is 0 Å². The van der Waals surface area contributed by atoms with Gasteiger partial charge in [0.1, 0.15) is 6.61 Å². The van der Waals surface area contributed by atoms with Crippen LogP contribution in [0.4, 0.5) is 0 Å². The van der Waals surface area contributed by atoms with Gasteiger partial charge in [0.05, 0.1) is 12.3 Å². The van der Waals surface area contributed by atoms with Gasteiger partial charge < -0.3 is 9.47 Å². The average Bonchev–Trinajstić information content (AvgIpc) is 2.44. The summed E-state index contributed by atoms with van der Waals surface area (Å²) in [6, 6.07) is 9.17. The standard InChI is InChI=1S/C14H17ClO4/c1-2-12(14(17)19-10-15)8-13(16)18-9-11-6-4-3-5-7-11/h3-7,12H,2,8-10H2,1H3. The van der Waals surface area contributed by atoms with Gasteiger partial charge in [0.2, 0.25) is 0 Å². The first kappa shape index (κ1) is 15.5. The third-order valence-electron chi connectivity index (χ3n) is 2.68. The quantitative estimate of drug-likeness (QED) is 0.571. The molecule has 0 aromatic heterocycles. The molecule has 1 atom stereocenters. The SMILES string of the molecule is CCC(CC(=O)OCc1ccccc1)C(=O)OCCl. The third-order valence-corrected chi connectivity index (χ3v) is 2.79. The van der Waals surface area contributed by atoms with Gasteiger partial charge in [0.25, 0.3) is 0 Å². The lowest BCUT2D eigenvalue weighted by Crippen LogP contribution is -2.21. The fraction of sp³-hybridized carbons (Fsp3) is 0.429. The van der Waals surface area contributed by atoms with Gasteiger partial charge in [-0.3, -0.25) is 9.59 Å². The molecule has 5 heteroatoms. The van der Waals surface area contributed by atoms with E-state index in [1.807, 2.05) is 37.3 Å². The molecule has 1 unspecified atom stereocenters. The summed E-state index contributed by atoms with van der Waals surface area (Å²) in [4.78, 5) is 23.1. The van der Waals surface area contributed by atoms with Gasteiger partial charge in [-0.25, -0.2) is 0 Å². The zero-order valence-corrected chi connectivity index (χ0v) is 11.6. The molecule has 0 aliphatic carbocycles. The van der Waals surface area contributed by atoms with Crippen molar-refractivity contribution in [2.75, 3.05) is 6.07 Å². The van der Waals surface area contributed by atoms with E-state index in [9.17, 15) is 9.59 Å². The second-order valence-corrected chi connectivity index (χ2v) is 4.25. The minimum atomic E-state index is -0.498. The zero-order chi connectivity index (χ0) is 14.1. The molecule has 0 radical (unpaired) electrons. The average molecular weight is 285 g/mol. The molecule has 0 amide bonds. The molecule has 0 saturated heterocycles. The van der Waals surface area contributed by atoms with Gasteiger partial charge in [0, 0.05) is 0 Å². The summed E-state index contributed by atoms with van der Waals surface area (Å²) in [7, 11) is 0. The van der Waals surface area contributed by atoms with Gasteiger partial charge in [0.15, 0.2) is 6.07 Å². The number of hydrogen-bond acceptors (Lipinski definition) is 4. The minimum absolute atomic E-state index is 0.0130. The number of ether oxygens (including phenoxy) is 2. The van der Waals surface area contributed by atoms with Crippen molar-refractivity contribution in [3.8, 4) is 0 Å². The predicted molar refractivity (Wildman–Crippen MR) is 71.4 cm³/mol. The number of alkyl halides is 1. The van der Waals surface area contributed by atoms with Crippen molar-refractivity contribution in [3.63, 3.8) is 0 Å². The smallest absolute Gasteiger partial charge is 0.310 e. The molecule has 104 valence electrons. The predicted octanol–water partition coefficient (Wildman–Crippen LogP) is 2.89. The van der Waals surface area contributed by atoms with Crippen LogP contribution in [0.3, 0.4) is 0 Å². The van der Waals surface area contributed by atoms with Crippen LogP contribution >= 0.6 is 11.6 Å². The van der Waals surface area contributed by atoms with E-state index in [-0.39, 0.29) is 19.1 Å². The fourth-order valence-corrected chi connectivity index (χ4v) is 1.67. The van der Waals surface area contributed by atoms with Crippen LogP contribution in [-0.4, -0.2) is 18.0 Å². The molecule has 19 heavy (non-hydrogen) atoms. The van der Waals surface area contributed by atoms with Crippen molar-refractivity contribution < 1.29 is 19.1 Å². The Kier molecular flexibility index (Phi) is 6.97. The Morgan fingerprint density at radius 3 is 2.47 bits per heavy atom. The van der Waals surface area contributed by atoms with Crippen LogP contribution in [-0.2, 0) is 25.7 Å². The summed E-state index contributed by atoms with van der Waals surface area (Å²) >= 11 is 5.32. The van der Waals surface area contributed by atoms with E-state index in [1.54, 1.807) is 0 Å². The van der Waals surface area contributed by atoms with Gasteiger partial charge in [-0.2, -0.15) is 0 Å². The highest BCUT2D eigenvalue weighted by molar-refractivity contribution is 6.17. The Hall–Kier alpha value is -1.55. The summed E-state index contributed by atoms with van der Waals surface area (Å²) in [5, 5.41) is 0. The first-order chi connectivity index (χ1) is 9.17. The Morgan fingerprint density at radius 2 is 1.89 bits per heavy atom. The van der Waals surface area contributed by atoms with Crippen molar-refractivity contribution in [1.29, 1.82) is 0 Å². The molecular formula is C14H17ClO4. The van der Waals surface area contributed by atoms with Crippen LogP contribution in [0, 0.1) is 5.92 Å². The molecule has 1 rings (SSSR count). The highest BCUT2D eigenvalue weighted by atomic mass is 35.5. The third kappa shape index (κ3) is 5.75. The number of rotatable bonds is 7. The van der Waals surface area contributed by atoms with Crippen LogP contribution in [0.15, 0.2) is 30.3 Å². The van der Waals surface area contributed by atoms with E-state index in [2.05, 4.69) is 4.74 Å². The van der Waals surface area contributed by atoms with Crippen molar-refractivity contribution in [2.24, 2.45) is 5.92 Å². The number of benzene rings is 1. The summed E-state index contributed by atoms with van der Waals surface area (Å²) in [6.45, 7) is 2.02. The van der Waals surface area contributed by atoms with Gasteiger partial charge in [-0.1, -0.05) is 48.9 Å². The van der Waals surface area contributed by atoms with E-state index in [4.69, 9.17) is 16.3 Å². The Balaban J connectivity index is 2.39. The molecule has 0 aliphatic heterocycles. The number of esters is 2. The van der Waals surface area contributed by atoms with Crippen LogP contribution in [0.1, 0.15) is 25.3 Å².